The molecule has 1 aliphatic heterocycles. The number of amides is 1. The van der Waals surface area contributed by atoms with Gasteiger partial charge in [0.2, 0.25) is 5.91 Å². The molecule has 0 spiro atoms. The second-order valence-electron chi connectivity index (χ2n) is 4.53. The van der Waals surface area contributed by atoms with Crippen LogP contribution in [0.25, 0.3) is 6.08 Å². The number of carbonyl (C=O) groups is 1. The van der Waals surface area contributed by atoms with Crippen molar-refractivity contribution >= 4 is 23.6 Å². The van der Waals surface area contributed by atoms with Crippen LogP contribution in [0.3, 0.4) is 0 Å². The quantitative estimate of drug-likeness (QED) is 0.794. The Morgan fingerprint density at radius 2 is 2.15 bits per heavy atom. The lowest BCUT2D eigenvalue weighted by atomic mass is 10.1. The minimum Gasteiger partial charge on any atom is -0.488 e. The van der Waals surface area contributed by atoms with Crippen LogP contribution in [0, 0.1) is 0 Å². The Kier molecular flexibility index (Phi) is 4.85. The zero-order valence-electron chi connectivity index (χ0n) is 11.7. The van der Waals surface area contributed by atoms with Crippen LogP contribution >= 0.6 is 11.6 Å². The van der Waals surface area contributed by atoms with Crippen molar-refractivity contribution in [3.8, 4) is 5.75 Å². The van der Waals surface area contributed by atoms with Gasteiger partial charge >= 0.3 is 0 Å². The van der Waals surface area contributed by atoms with E-state index in [1.807, 2.05) is 38.1 Å². The number of carbonyl (C=O) groups excluding carboxylic acids is 1. The fraction of sp³-hybridized carbons (Fsp3) is 0.312. The van der Waals surface area contributed by atoms with E-state index in [-0.39, 0.29) is 5.91 Å². The van der Waals surface area contributed by atoms with E-state index < -0.39 is 0 Å². The summed E-state index contributed by atoms with van der Waals surface area (Å²) in [5.41, 5.74) is 1.90. The van der Waals surface area contributed by atoms with E-state index in [1.165, 1.54) is 0 Å². The largest absolute Gasteiger partial charge is 0.488 e. The molecule has 3 nitrogen and oxygen atoms in total. The average Bonchev–Trinajstić information content (AvgIpc) is 2.46. The average molecular weight is 292 g/mol. The van der Waals surface area contributed by atoms with E-state index in [1.54, 1.807) is 17.0 Å². The van der Waals surface area contributed by atoms with Gasteiger partial charge in [-0.3, -0.25) is 4.79 Å². The van der Waals surface area contributed by atoms with E-state index in [0.29, 0.717) is 24.7 Å². The van der Waals surface area contributed by atoms with Gasteiger partial charge in [0.1, 0.15) is 12.4 Å². The van der Waals surface area contributed by atoms with Gasteiger partial charge in [0.05, 0.1) is 0 Å². The molecule has 1 aliphatic rings. The minimum absolute atomic E-state index is 0.0211. The Morgan fingerprint density at radius 1 is 1.40 bits per heavy atom. The summed E-state index contributed by atoms with van der Waals surface area (Å²) in [6.07, 6.45) is 5.40. The molecule has 1 amide bonds. The van der Waals surface area contributed by atoms with Gasteiger partial charge in [-0.05, 0) is 43.7 Å². The van der Waals surface area contributed by atoms with E-state index in [2.05, 4.69) is 0 Å². The summed E-state index contributed by atoms with van der Waals surface area (Å²) in [5, 5.41) is 0.674. The van der Waals surface area contributed by atoms with Gasteiger partial charge < -0.3 is 9.64 Å². The smallest absolute Gasteiger partial charge is 0.246 e. The number of fused-ring (bicyclic) bond motifs is 1. The lowest BCUT2D eigenvalue weighted by Gasteiger charge is -2.17. The molecule has 20 heavy (non-hydrogen) atoms. The highest BCUT2D eigenvalue weighted by molar-refractivity contribution is 6.30. The standard InChI is InChI=1S/C16H18ClNO2/c1-3-18(4-2)16(19)8-5-12-9-13-10-14(17)6-7-15(13)20-11-12/h5-10H,3-4,11H2,1-2H3/b8-5+. The number of halogens is 1. The van der Waals surface area contributed by atoms with E-state index in [9.17, 15) is 4.79 Å². The van der Waals surface area contributed by atoms with Gasteiger partial charge in [0, 0.05) is 29.8 Å². The van der Waals surface area contributed by atoms with E-state index in [0.717, 1.165) is 16.9 Å². The highest BCUT2D eigenvalue weighted by Gasteiger charge is 2.11. The fourth-order valence-electron chi connectivity index (χ4n) is 2.08. The molecule has 0 saturated heterocycles. The Labute approximate surface area is 124 Å². The number of nitrogens with zero attached hydrogens (tertiary/aromatic N) is 1. The Hall–Kier alpha value is -1.74. The lowest BCUT2D eigenvalue weighted by Crippen LogP contribution is -2.28. The number of benzene rings is 1. The molecule has 4 heteroatoms. The Bertz CT molecular complexity index is 560. The number of hydrogen-bond donors (Lipinski definition) is 0. The molecule has 0 radical (unpaired) electrons. The van der Waals surface area contributed by atoms with Crippen molar-refractivity contribution < 1.29 is 9.53 Å². The summed E-state index contributed by atoms with van der Waals surface area (Å²) in [7, 11) is 0. The molecule has 1 heterocycles. The molecule has 1 aromatic carbocycles. The first kappa shape index (κ1) is 14.7. The summed E-state index contributed by atoms with van der Waals surface area (Å²) in [4.78, 5) is 13.7. The van der Waals surface area contributed by atoms with Gasteiger partial charge in [-0.1, -0.05) is 17.7 Å². The highest BCUT2D eigenvalue weighted by Crippen LogP contribution is 2.29. The van der Waals surface area contributed by atoms with Crippen LogP contribution in [0.15, 0.2) is 35.9 Å². The van der Waals surface area contributed by atoms with Gasteiger partial charge in [0.25, 0.3) is 0 Å². The van der Waals surface area contributed by atoms with Gasteiger partial charge in [-0.15, -0.1) is 0 Å². The maximum atomic E-state index is 11.9. The molecule has 0 N–H and O–H groups in total. The van der Waals surface area contributed by atoms with E-state index >= 15 is 0 Å². The SMILES string of the molecule is CCN(CC)C(=O)/C=C/C1=Cc2cc(Cl)ccc2OC1. The van der Waals surface area contributed by atoms with Crippen molar-refractivity contribution in [2.75, 3.05) is 19.7 Å². The molecular formula is C16H18ClNO2. The van der Waals surface area contributed by atoms with Crippen LogP contribution in [0.1, 0.15) is 19.4 Å². The maximum absolute atomic E-state index is 11.9. The van der Waals surface area contributed by atoms with Gasteiger partial charge in [-0.2, -0.15) is 0 Å². The molecule has 0 unspecified atom stereocenters. The Morgan fingerprint density at radius 3 is 2.85 bits per heavy atom. The van der Waals surface area contributed by atoms with Crippen LogP contribution in [-0.2, 0) is 4.79 Å². The fourth-order valence-corrected chi connectivity index (χ4v) is 2.26. The third-order valence-electron chi connectivity index (χ3n) is 3.22. The highest BCUT2D eigenvalue weighted by atomic mass is 35.5. The summed E-state index contributed by atoms with van der Waals surface area (Å²) in [6.45, 7) is 5.84. The third kappa shape index (κ3) is 3.42. The first-order chi connectivity index (χ1) is 9.63. The molecule has 0 aliphatic carbocycles. The molecule has 2 rings (SSSR count). The summed E-state index contributed by atoms with van der Waals surface area (Å²) < 4.78 is 5.63. The van der Waals surface area contributed by atoms with Crippen molar-refractivity contribution in [2.24, 2.45) is 0 Å². The lowest BCUT2D eigenvalue weighted by molar-refractivity contribution is -0.125. The second kappa shape index (κ2) is 6.62. The molecule has 106 valence electrons. The molecule has 0 saturated carbocycles. The number of ether oxygens (including phenoxy) is 1. The molecule has 1 aromatic rings. The first-order valence-corrected chi connectivity index (χ1v) is 7.11. The van der Waals surface area contributed by atoms with Gasteiger partial charge in [-0.25, -0.2) is 0 Å². The van der Waals surface area contributed by atoms with Gasteiger partial charge in [0.15, 0.2) is 0 Å². The zero-order valence-corrected chi connectivity index (χ0v) is 12.5. The second-order valence-corrected chi connectivity index (χ2v) is 4.97. The molecule has 0 bridgehead atoms. The molecule has 0 fully saturated rings. The number of hydrogen-bond acceptors (Lipinski definition) is 2. The number of likely N-dealkylation sites (N-methyl/N-ethyl adjacent to an activating group) is 1. The summed E-state index contributed by atoms with van der Waals surface area (Å²) >= 11 is 5.97. The van der Waals surface area contributed by atoms with Crippen LogP contribution in [0.5, 0.6) is 5.75 Å². The summed E-state index contributed by atoms with van der Waals surface area (Å²) in [6, 6.07) is 5.52. The topological polar surface area (TPSA) is 29.5 Å². The van der Waals surface area contributed by atoms with E-state index in [4.69, 9.17) is 16.3 Å². The van der Waals surface area contributed by atoms with Crippen LogP contribution in [0.2, 0.25) is 5.02 Å². The predicted octanol–water partition coefficient (Wildman–Crippen LogP) is 3.54. The maximum Gasteiger partial charge on any atom is 0.246 e. The van der Waals surface area contributed by atoms with Crippen molar-refractivity contribution in [3.05, 3.63) is 46.5 Å². The molecule has 0 atom stereocenters. The van der Waals surface area contributed by atoms with Crippen LogP contribution in [0.4, 0.5) is 0 Å². The molecule has 0 aromatic heterocycles. The van der Waals surface area contributed by atoms with Crippen molar-refractivity contribution in [1.82, 2.24) is 4.90 Å². The summed E-state index contributed by atoms with van der Waals surface area (Å²) in [5.74, 6) is 0.842. The normalized spacial score (nSPS) is 13.7. The monoisotopic (exact) mass is 291 g/mol. The zero-order chi connectivity index (χ0) is 14.5. The third-order valence-corrected chi connectivity index (χ3v) is 3.46. The number of rotatable bonds is 4. The van der Waals surface area contributed by atoms with Crippen molar-refractivity contribution in [2.45, 2.75) is 13.8 Å². The first-order valence-electron chi connectivity index (χ1n) is 6.74. The van der Waals surface area contributed by atoms with Crippen LogP contribution in [-0.4, -0.2) is 30.5 Å². The van der Waals surface area contributed by atoms with Crippen molar-refractivity contribution in [3.63, 3.8) is 0 Å². The minimum atomic E-state index is 0.0211. The Balaban J connectivity index is 2.13. The van der Waals surface area contributed by atoms with Crippen LogP contribution < -0.4 is 4.74 Å². The molecular weight excluding hydrogens is 274 g/mol. The van der Waals surface area contributed by atoms with Crippen molar-refractivity contribution in [1.29, 1.82) is 0 Å². The predicted molar refractivity (Wildman–Crippen MR) is 82.0 cm³/mol.